The van der Waals surface area contributed by atoms with Crippen LogP contribution in [0.15, 0.2) is 24.3 Å². The van der Waals surface area contributed by atoms with Crippen molar-refractivity contribution >= 4 is 17.5 Å². The minimum absolute atomic E-state index is 0.0115. The minimum atomic E-state index is -0.542. The summed E-state index contributed by atoms with van der Waals surface area (Å²) in [5.41, 5.74) is 1.36. The summed E-state index contributed by atoms with van der Waals surface area (Å²) >= 11 is 0. The van der Waals surface area contributed by atoms with E-state index in [1.807, 2.05) is 31.2 Å². The van der Waals surface area contributed by atoms with Crippen LogP contribution in [-0.2, 0) is 9.59 Å². The Morgan fingerprint density at radius 1 is 1.13 bits per heavy atom. The first-order chi connectivity index (χ1) is 11.1. The van der Waals surface area contributed by atoms with E-state index in [9.17, 15) is 9.59 Å². The van der Waals surface area contributed by atoms with E-state index in [0.717, 1.165) is 56.2 Å². The zero-order chi connectivity index (χ0) is 16.3. The van der Waals surface area contributed by atoms with Gasteiger partial charge in [-0.15, -0.1) is 0 Å². The van der Waals surface area contributed by atoms with Crippen LogP contribution in [0.25, 0.3) is 0 Å². The van der Waals surface area contributed by atoms with Crippen molar-refractivity contribution in [3.63, 3.8) is 0 Å². The second-order valence-corrected chi connectivity index (χ2v) is 7.13. The predicted octanol–water partition coefficient (Wildman–Crippen LogP) is 3.55. The average molecular weight is 314 g/mol. The van der Waals surface area contributed by atoms with Gasteiger partial charge in [-0.25, -0.2) is 0 Å². The summed E-state index contributed by atoms with van der Waals surface area (Å²) in [4.78, 5) is 25.3. The number of amides is 2. The van der Waals surface area contributed by atoms with Gasteiger partial charge in [-0.2, -0.15) is 0 Å². The highest BCUT2D eigenvalue weighted by Gasteiger charge is 2.42. The van der Waals surface area contributed by atoms with E-state index in [-0.39, 0.29) is 11.8 Å². The van der Waals surface area contributed by atoms with Crippen LogP contribution >= 0.6 is 0 Å². The molecule has 0 bridgehead atoms. The van der Waals surface area contributed by atoms with Crippen molar-refractivity contribution in [3.05, 3.63) is 29.8 Å². The number of carbonyl (C=O) groups is 2. The lowest BCUT2D eigenvalue weighted by atomic mass is 9.70. The van der Waals surface area contributed by atoms with Crippen molar-refractivity contribution < 1.29 is 9.59 Å². The molecule has 124 valence electrons. The zero-order valence-corrected chi connectivity index (χ0v) is 13.9. The summed E-state index contributed by atoms with van der Waals surface area (Å²) in [7, 11) is 0. The van der Waals surface area contributed by atoms with Crippen molar-refractivity contribution in [3.8, 4) is 0 Å². The van der Waals surface area contributed by atoms with Gasteiger partial charge in [0, 0.05) is 18.2 Å². The second kappa shape index (κ2) is 6.73. The molecule has 0 aliphatic heterocycles. The summed E-state index contributed by atoms with van der Waals surface area (Å²) in [6.07, 6.45) is 7.30. The molecule has 2 saturated carbocycles. The van der Waals surface area contributed by atoms with Gasteiger partial charge >= 0.3 is 0 Å². The largest absolute Gasteiger partial charge is 0.353 e. The normalized spacial score (nSPS) is 19.9. The smallest absolute Gasteiger partial charge is 0.231 e. The standard InChI is InChI=1S/C19H26N2O2/c1-14-7-3-4-8-16(14)21-18(23)19(11-5-2-6-12-19)13-17(22)20-15-9-10-15/h3-4,7-8,15H,2,5-6,9-13H2,1H3,(H,20,22)(H,21,23). The molecule has 0 heterocycles. The average Bonchev–Trinajstić information content (AvgIpc) is 3.34. The Balaban J connectivity index is 1.72. The van der Waals surface area contributed by atoms with Gasteiger partial charge < -0.3 is 10.6 Å². The van der Waals surface area contributed by atoms with Crippen molar-refractivity contribution in [2.75, 3.05) is 5.32 Å². The van der Waals surface area contributed by atoms with Gasteiger partial charge in [0.1, 0.15) is 0 Å². The highest BCUT2D eigenvalue weighted by atomic mass is 16.2. The van der Waals surface area contributed by atoms with E-state index in [1.54, 1.807) is 0 Å². The number of hydrogen-bond acceptors (Lipinski definition) is 2. The maximum absolute atomic E-state index is 13.0. The van der Waals surface area contributed by atoms with Crippen molar-refractivity contribution in [1.29, 1.82) is 0 Å². The second-order valence-electron chi connectivity index (χ2n) is 7.13. The molecule has 2 N–H and O–H groups in total. The van der Waals surface area contributed by atoms with Gasteiger partial charge in [0.05, 0.1) is 5.41 Å². The van der Waals surface area contributed by atoms with Crippen LogP contribution in [0.5, 0.6) is 0 Å². The van der Waals surface area contributed by atoms with Crippen LogP contribution in [0.4, 0.5) is 5.69 Å². The minimum Gasteiger partial charge on any atom is -0.353 e. The maximum Gasteiger partial charge on any atom is 0.231 e. The Labute approximate surface area is 138 Å². The van der Waals surface area contributed by atoms with Crippen molar-refractivity contribution in [2.45, 2.75) is 64.3 Å². The van der Waals surface area contributed by atoms with Crippen LogP contribution in [0.2, 0.25) is 0 Å². The lowest BCUT2D eigenvalue weighted by molar-refractivity contribution is -0.134. The fourth-order valence-corrected chi connectivity index (χ4v) is 3.49. The highest BCUT2D eigenvalue weighted by Crippen LogP contribution is 2.41. The van der Waals surface area contributed by atoms with Gasteiger partial charge in [-0.05, 0) is 44.2 Å². The van der Waals surface area contributed by atoms with Gasteiger partial charge in [-0.1, -0.05) is 37.5 Å². The Bertz CT molecular complexity index is 587. The van der Waals surface area contributed by atoms with Gasteiger partial charge in [-0.3, -0.25) is 9.59 Å². The molecule has 0 radical (unpaired) electrons. The number of carbonyl (C=O) groups excluding carboxylic acids is 2. The van der Waals surface area contributed by atoms with E-state index < -0.39 is 5.41 Å². The van der Waals surface area contributed by atoms with Crippen LogP contribution in [0.1, 0.15) is 56.9 Å². The molecule has 2 aliphatic carbocycles. The summed E-state index contributed by atoms with van der Waals surface area (Å²) < 4.78 is 0. The lowest BCUT2D eigenvalue weighted by Crippen LogP contribution is -2.42. The number of rotatable bonds is 5. The maximum atomic E-state index is 13.0. The summed E-state index contributed by atoms with van der Waals surface area (Å²) in [6, 6.07) is 8.15. The number of hydrogen-bond donors (Lipinski definition) is 2. The van der Waals surface area contributed by atoms with E-state index in [0.29, 0.717) is 12.5 Å². The third-order valence-electron chi connectivity index (χ3n) is 5.13. The first-order valence-electron chi connectivity index (χ1n) is 8.75. The van der Waals surface area contributed by atoms with E-state index >= 15 is 0 Å². The molecule has 2 amide bonds. The molecule has 0 spiro atoms. The molecule has 2 fully saturated rings. The molecule has 1 aromatic carbocycles. The molecule has 1 aromatic rings. The Morgan fingerprint density at radius 3 is 2.48 bits per heavy atom. The van der Waals surface area contributed by atoms with Crippen LogP contribution in [0, 0.1) is 12.3 Å². The van der Waals surface area contributed by atoms with Crippen molar-refractivity contribution in [2.24, 2.45) is 5.41 Å². The third-order valence-corrected chi connectivity index (χ3v) is 5.13. The number of benzene rings is 1. The molecule has 4 heteroatoms. The monoisotopic (exact) mass is 314 g/mol. The Morgan fingerprint density at radius 2 is 1.83 bits per heavy atom. The van der Waals surface area contributed by atoms with E-state index in [4.69, 9.17) is 0 Å². The molecular formula is C19H26N2O2. The highest BCUT2D eigenvalue weighted by molar-refractivity contribution is 5.98. The molecule has 0 saturated heterocycles. The SMILES string of the molecule is Cc1ccccc1NC(=O)C1(CC(=O)NC2CC2)CCCCC1. The van der Waals surface area contributed by atoms with Crippen LogP contribution in [-0.4, -0.2) is 17.9 Å². The molecular weight excluding hydrogens is 288 g/mol. The third kappa shape index (κ3) is 3.92. The zero-order valence-electron chi connectivity index (χ0n) is 13.9. The molecule has 4 nitrogen and oxygen atoms in total. The summed E-state index contributed by atoms with van der Waals surface area (Å²) in [6.45, 7) is 1.99. The van der Waals surface area contributed by atoms with Crippen LogP contribution < -0.4 is 10.6 Å². The fraction of sp³-hybridized carbons (Fsp3) is 0.579. The quantitative estimate of drug-likeness (QED) is 0.873. The van der Waals surface area contributed by atoms with E-state index in [1.165, 1.54) is 0 Å². The van der Waals surface area contributed by atoms with Crippen molar-refractivity contribution in [1.82, 2.24) is 5.32 Å². The number of nitrogens with one attached hydrogen (secondary N) is 2. The molecule has 23 heavy (non-hydrogen) atoms. The topological polar surface area (TPSA) is 58.2 Å². The number of para-hydroxylation sites is 1. The van der Waals surface area contributed by atoms with E-state index in [2.05, 4.69) is 10.6 Å². The Hall–Kier alpha value is -1.84. The Kier molecular flexibility index (Phi) is 4.69. The predicted molar refractivity (Wildman–Crippen MR) is 91.1 cm³/mol. The van der Waals surface area contributed by atoms with Gasteiger partial charge in [0.15, 0.2) is 0 Å². The fourth-order valence-electron chi connectivity index (χ4n) is 3.49. The molecule has 2 aliphatic rings. The molecule has 0 unspecified atom stereocenters. The number of aryl methyl sites for hydroxylation is 1. The molecule has 0 aromatic heterocycles. The summed E-state index contributed by atoms with van der Waals surface area (Å²) in [5, 5.41) is 6.11. The molecule has 0 atom stereocenters. The lowest BCUT2D eigenvalue weighted by Gasteiger charge is -2.35. The number of anilines is 1. The van der Waals surface area contributed by atoms with Gasteiger partial charge in [0.25, 0.3) is 0 Å². The first kappa shape index (κ1) is 16.0. The van der Waals surface area contributed by atoms with Gasteiger partial charge in [0.2, 0.25) is 11.8 Å². The first-order valence-corrected chi connectivity index (χ1v) is 8.75. The summed E-state index contributed by atoms with van der Waals surface area (Å²) in [5.74, 6) is 0.0479. The van der Waals surface area contributed by atoms with Crippen LogP contribution in [0.3, 0.4) is 0 Å². The molecule has 3 rings (SSSR count).